The van der Waals surface area contributed by atoms with E-state index >= 15 is 0 Å². The number of hydrogen-bond donors (Lipinski definition) is 3. The second kappa shape index (κ2) is 3.86. The number of nitrogens with one attached hydrogen (secondary N) is 2. The minimum absolute atomic E-state index is 0.147. The minimum Gasteiger partial charge on any atom is -0.366 e. The average molecular weight is 299 g/mol. The lowest BCUT2D eigenvalue weighted by atomic mass is 10.1. The molecule has 1 aliphatic heterocycles. The quantitative estimate of drug-likeness (QED) is 0.659. The highest BCUT2D eigenvalue weighted by atomic mass is 19.1. The summed E-state index contributed by atoms with van der Waals surface area (Å²) in [5.74, 6) is 0.651. The number of imidazole rings is 1. The van der Waals surface area contributed by atoms with Gasteiger partial charge in [0, 0.05) is 17.8 Å². The third kappa shape index (κ3) is 1.41. The Labute approximate surface area is 124 Å². The summed E-state index contributed by atoms with van der Waals surface area (Å²) in [5, 5.41) is 6.51. The number of piperidine rings is 1. The molecule has 1 saturated carbocycles. The van der Waals surface area contributed by atoms with Gasteiger partial charge in [0.2, 0.25) is 0 Å². The molecule has 0 spiro atoms. The Morgan fingerprint density at radius 1 is 1.36 bits per heavy atom. The van der Waals surface area contributed by atoms with Crippen molar-refractivity contribution in [2.75, 3.05) is 13.1 Å². The number of fused-ring (bicyclic) bond motifs is 4. The molecule has 1 aliphatic carbocycles. The van der Waals surface area contributed by atoms with Crippen molar-refractivity contribution in [2.24, 2.45) is 17.6 Å². The Balaban J connectivity index is 1.76. The maximum absolute atomic E-state index is 13.7. The van der Waals surface area contributed by atoms with Crippen molar-refractivity contribution in [1.82, 2.24) is 19.9 Å². The maximum atomic E-state index is 13.7. The first-order chi connectivity index (χ1) is 10.6. The number of carbonyl (C=O) groups is 1. The van der Waals surface area contributed by atoms with Crippen LogP contribution in [-0.4, -0.2) is 33.6 Å². The molecule has 3 heterocycles. The van der Waals surface area contributed by atoms with Gasteiger partial charge in [0.05, 0.1) is 11.1 Å². The minimum atomic E-state index is -0.657. The Bertz CT molecular complexity index is 932. The molecule has 2 aromatic heterocycles. The van der Waals surface area contributed by atoms with Gasteiger partial charge in [-0.3, -0.25) is 9.89 Å². The van der Waals surface area contributed by atoms with E-state index in [4.69, 9.17) is 5.73 Å². The highest BCUT2D eigenvalue weighted by Gasteiger charge is 2.54. The van der Waals surface area contributed by atoms with Crippen LogP contribution in [-0.2, 0) is 0 Å². The van der Waals surface area contributed by atoms with E-state index in [2.05, 4.69) is 15.4 Å². The lowest BCUT2D eigenvalue weighted by Gasteiger charge is -2.00. The van der Waals surface area contributed by atoms with Gasteiger partial charge in [-0.2, -0.15) is 0 Å². The Kier molecular flexibility index (Phi) is 2.14. The van der Waals surface area contributed by atoms with Gasteiger partial charge in [0.25, 0.3) is 5.91 Å². The van der Waals surface area contributed by atoms with E-state index < -0.39 is 11.7 Å². The molecule has 112 valence electrons. The van der Waals surface area contributed by atoms with Crippen molar-refractivity contribution in [2.45, 2.75) is 5.92 Å². The standard InChI is InChI=1S/C15H14FN5O/c16-6-1-7(14(17)22)13-11(2-6)20-15-10(5-19-21(13)15)12-8-3-18-4-9(8)12/h1-2,5,8-9,12,18-19H,3-4H2,(H2,17,22). The van der Waals surface area contributed by atoms with Crippen molar-refractivity contribution < 1.29 is 9.18 Å². The molecule has 2 aliphatic rings. The molecule has 5 rings (SSSR count). The summed E-state index contributed by atoms with van der Waals surface area (Å²) in [7, 11) is 0. The van der Waals surface area contributed by atoms with Crippen molar-refractivity contribution in [3.05, 3.63) is 35.3 Å². The number of aromatic amines is 1. The van der Waals surface area contributed by atoms with Crippen LogP contribution < -0.4 is 11.1 Å². The lowest BCUT2D eigenvalue weighted by Crippen LogP contribution is -2.13. The molecule has 0 radical (unpaired) electrons. The van der Waals surface area contributed by atoms with Crippen LogP contribution in [0.1, 0.15) is 21.8 Å². The summed E-state index contributed by atoms with van der Waals surface area (Å²) in [6, 6.07) is 2.50. The van der Waals surface area contributed by atoms with E-state index in [1.165, 1.54) is 6.07 Å². The van der Waals surface area contributed by atoms with E-state index in [0.717, 1.165) is 30.4 Å². The van der Waals surface area contributed by atoms with E-state index in [9.17, 15) is 9.18 Å². The van der Waals surface area contributed by atoms with Gasteiger partial charge in [-0.15, -0.1) is 0 Å². The summed E-state index contributed by atoms with van der Waals surface area (Å²) >= 11 is 0. The zero-order valence-corrected chi connectivity index (χ0v) is 11.6. The summed E-state index contributed by atoms with van der Waals surface area (Å²) < 4.78 is 15.4. The van der Waals surface area contributed by atoms with E-state index in [1.54, 1.807) is 4.52 Å². The molecule has 22 heavy (non-hydrogen) atoms. The summed E-state index contributed by atoms with van der Waals surface area (Å²) in [6.45, 7) is 2.07. The van der Waals surface area contributed by atoms with Crippen LogP contribution in [0.3, 0.4) is 0 Å². The van der Waals surface area contributed by atoms with Crippen molar-refractivity contribution >= 4 is 22.6 Å². The number of amides is 1. The van der Waals surface area contributed by atoms with Crippen molar-refractivity contribution in [3.8, 4) is 0 Å². The van der Waals surface area contributed by atoms with Gasteiger partial charge in [-0.1, -0.05) is 0 Å². The van der Waals surface area contributed by atoms with Crippen LogP contribution in [0.25, 0.3) is 16.7 Å². The monoisotopic (exact) mass is 299 g/mol. The maximum Gasteiger partial charge on any atom is 0.251 e. The number of nitrogens with zero attached hydrogens (tertiary/aromatic N) is 2. The highest BCUT2D eigenvalue weighted by molar-refractivity contribution is 6.05. The number of rotatable bonds is 2. The average Bonchev–Trinajstić information content (AvgIpc) is 2.90. The Hall–Kier alpha value is -2.41. The number of nitrogens with two attached hydrogens (primary N) is 1. The summed E-state index contributed by atoms with van der Waals surface area (Å²) in [5.41, 5.74) is 8.43. The lowest BCUT2D eigenvalue weighted by molar-refractivity contribution is 0.100. The fraction of sp³-hybridized carbons (Fsp3) is 0.333. The molecule has 1 amide bonds. The third-order valence-electron chi connectivity index (χ3n) is 5.04. The van der Waals surface area contributed by atoms with Gasteiger partial charge < -0.3 is 11.1 Å². The molecule has 1 aromatic carbocycles. The van der Waals surface area contributed by atoms with E-state index in [0.29, 0.717) is 28.8 Å². The zero-order valence-electron chi connectivity index (χ0n) is 11.6. The van der Waals surface area contributed by atoms with E-state index in [1.807, 2.05) is 6.20 Å². The molecular formula is C15H14FN5O. The van der Waals surface area contributed by atoms with Crippen molar-refractivity contribution in [3.63, 3.8) is 0 Å². The van der Waals surface area contributed by atoms with Crippen LogP contribution in [0.5, 0.6) is 0 Å². The largest absolute Gasteiger partial charge is 0.366 e. The van der Waals surface area contributed by atoms with E-state index in [-0.39, 0.29) is 5.56 Å². The Morgan fingerprint density at radius 2 is 2.14 bits per heavy atom. The number of carbonyl (C=O) groups excluding carboxylic acids is 1. The van der Waals surface area contributed by atoms with Crippen LogP contribution in [0, 0.1) is 17.7 Å². The molecule has 1 saturated heterocycles. The number of primary amides is 1. The number of hydrogen-bond acceptors (Lipinski definition) is 3. The number of H-pyrrole nitrogens is 1. The van der Waals surface area contributed by atoms with Gasteiger partial charge in [0.1, 0.15) is 11.3 Å². The second-order valence-electron chi connectivity index (χ2n) is 6.20. The van der Waals surface area contributed by atoms with Crippen LogP contribution in [0.2, 0.25) is 0 Å². The normalized spacial score (nSPS) is 26.7. The predicted molar refractivity (Wildman–Crippen MR) is 78.1 cm³/mol. The number of benzene rings is 1. The second-order valence-corrected chi connectivity index (χ2v) is 6.20. The molecule has 6 nitrogen and oxygen atoms in total. The number of halogens is 1. The third-order valence-corrected chi connectivity index (χ3v) is 5.04. The fourth-order valence-electron chi connectivity index (χ4n) is 4.01. The van der Waals surface area contributed by atoms with Crippen molar-refractivity contribution in [1.29, 1.82) is 0 Å². The molecule has 0 bridgehead atoms. The molecule has 7 heteroatoms. The smallest absolute Gasteiger partial charge is 0.251 e. The molecule has 3 aromatic rings. The van der Waals surface area contributed by atoms with Crippen LogP contribution in [0.15, 0.2) is 18.3 Å². The van der Waals surface area contributed by atoms with Crippen LogP contribution in [0.4, 0.5) is 4.39 Å². The van der Waals surface area contributed by atoms with Gasteiger partial charge in [0.15, 0.2) is 5.65 Å². The zero-order chi connectivity index (χ0) is 15.0. The fourth-order valence-corrected chi connectivity index (χ4v) is 4.01. The molecule has 2 atom stereocenters. The van der Waals surface area contributed by atoms with Gasteiger partial charge >= 0.3 is 0 Å². The highest BCUT2D eigenvalue weighted by Crippen LogP contribution is 2.56. The molecule has 2 fully saturated rings. The SMILES string of the molecule is NC(=O)c1cc(F)cc2nc3c(C4C5CNCC54)c[nH]n3c12. The van der Waals surface area contributed by atoms with Gasteiger partial charge in [-0.25, -0.2) is 13.9 Å². The van der Waals surface area contributed by atoms with Crippen LogP contribution >= 0.6 is 0 Å². The first-order valence-corrected chi connectivity index (χ1v) is 7.34. The molecule has 2 unspecified atom stereocenters. The first kappa shape index (κ1) is 12.2. The Morgan fingerprint density at radius 3 is 2.86 bits per heavy atom. The van der Waals surface area contributed by atoms with Gasteiger partial charge in [-0.05, 0) is 36.9 Å². The molecular weight excluding hydrogens is 285 g/mol. The molecule has 4 N–H and O–H groups in total. The topological polar surface area (TPSA) is 88.2 Å². The predicted octanol–water partition coefficient (Wildman–Crippen LogP) is 0.986. The number of aromatic nitrogens is 3. The first-order valence-electron chi connectivity index (χ1n) is 7.34. The summed E-state index contributed by atoms with van der Waals surface area (Å²) in [6.07, 6.45) is 1.94. The summed E-state index contributed by atoms with van der Waals surface area (Å²) in [4.78, 5) is 16.1.